The van der Waals surface area contributed by atoms with Crippen LogP contribution in [0.5, 0.6) is 0 Å². The van der Waals surface area contributed by atoms with Crippen LogP contribution < -0.4 is 15.0 Å². The third kappa shape index (κ3) is 5.68. The van der Waals surface area contributed by atoms with Crippen molar-refractivity contribution in [3.05, 3.63) is 29.8 Å². The highest BCUT2D eigenvalue weighted by atomic mass is 32.2. The molecule has 1 aromatic carbocycles. The molecule has 3 N–H and O–H groups in total. The van der Waals surface area contributed by atoms with Gasteiger partial charge in [0.15, 0.2) is 0 Å². The maximum absolute atomic E-state index is 11.7. The SMILES string of the molecule is CS(=O)(=O)NNC(=O)c1ccccc1NS(C)(=O)=O. The lowest BCUT2D eigenvalue weighted by atomic mass is 10.2. The molecule has 0 aliphatic rings. The second-order valence-corrected chi connectivity index (χ2v) is 7.25. The van der Waals surface area contributed by atoms with Gasteiger partial charge in [0.05, 0.1) is 23.8 Å². The van der Waals surface area contributed by atoms with Crippen molar-refractivity contribution in [3.8, 4) is 0 Å². The zero-order valence-electron chi connectivity index (χ0n) is 10.2. The Balaban J connectivity index is 2.97. The summed E-state index contributed by atoms with van der Waals surface area (Å²) in [5.41, 5.74) is 2.00. The average molecular weight is 307 g/mol. The van der Waals surface area contributed by atoms with Gasteiger partial charge in [-0.05, 0) is 12.1 Å². The maximum atomic E-state index is 11.7. The van der Waals surface area contributed by atoms with Crippen LogP contribution in [0.3, 0.4) is 0 Å². The Labute approximate surface area is 111 Å². The number of hydrazine groups is 1. The first-order valence-electron chi connectivity index (χ1n) is 4.92. The Morgan fingerprint density at radius 3 is 2.11 bits per heavy atom. The standard InChI is InChI=1S/C9H13N3O5S2/c1-18(14,15)11-8-6-4-3-5-7(8)9(13)10-12-19(2,16)17/h3-6,11-12H,1-2H3,(H,10,13). The highest BCUT2D eigenvalue weighted by Crippen LogP contribution is 2.15. The van der Waals surface area contributed by atoms with E-state index in [0.717, 1.165) is 12.5 Å². The molecule has 0 aromatic heterocycles. The number of hydrogen-bond acceptors (Lipinski definition) is 5. The van der Waals surface area contributed by atoms with Crippen LogP contribution in [0, 0.1) is 0 Å². The second-order valence-electron chi connectivity index (χ2n) is 3.75. The summed E-state index contributed by atoms with van der Waals surface area (Å²) in [6, 6.07) is 5.79. The van der Waals surface area contributed by atoms with Crippen LogP contribution in [0.1, 0.15) is 10.4 Å². The predicted octanol–water partition coefficient (Wildman–Crippen LogP) is -0.748. The molecule has 1 amide bonds. The monoisotopic (exact) mass is 307 g/mol. The topological polar surface area (TPSA) is 121 Å². The van der Waals surface area contributed by atoms with Crippen LogP contribution >= 0.6 is 0 Å². The number of anilines is 1. The Kier molecular flexibility index (Phi) is 4.50. The van der Waals surface area contributed by atoms with E-state index >= 15 is 0 Å². The highest BCUT2D eigenvalue weighted by Gasteiger charge is 2.14. The van der Waals surface area contributed by atoms with Crippen molar-refractivity contribution in [2.75, 3.05) is 17.2 Å². The van der Waals surface area contributed by atoms with Crippen molar-refractivity contribution in [1.82, 2.24) is 10.3 Å². The van der Waals surface area contributed by atoms with E-state index in [-0.39, 0.29) is 11.3 Å². The molecule has 0 spiro atoms. The van der Waals surface area contributed by atoms with Gasteiger partial charge in [0.2, 0.25) is 20.0 Å². The Morgan fingerprint density at radius 2 is 1.58 bits per heavy atom. The molecule has 0 fully saturated rings. The van der Waals surface area contributed by atoms with E-state index in [4.69, 9.17) is 0 Å². The van der Waals surface area contributed by atoms with Crippen molar-refractivity contribution in [2.45, 2.75) is 0 Å². The fraction of sp³-hybridized carbons (Fsp3) is 0.222. The molecule has 0 bridgehead atoms. The maximum Gasteiger partial charge on any atom is 0.268 e. The number of carbonyl (C=O) groups excluding carboxylic acids is 1. The number of sulfonamides is 2. The van der Waals surface area contributed by atoms with Gasteiger partial charge in [0.1, 0.15) is 0 Å². The molecule has 0 aliphatic heterocycles. The molecular formula is C9H13N3O5S2. The quantitative estimate of drug-likeness (QED) is 0.618. The number of para-hydroxylation sites is 1. The van der Waals surface area contributed by atoms with Crippen molar-refractivity contribution in [2.24, 2.45) is 0 Å². The molecule has 0 radical (unpaired) electrons. The van der Waals surface area contributed by atoms with Crippen LogP contribution in [0.4, 0.5) is 5.69 Å². The molecule has 106 valence electrons. The molecule has 0 aliphatic carbocycles. The van der Waals surface area contributed by atoms with Gasteiger partial charge >= 0.3 is 0 Å². The van der Waals surface area contributed by atoms with E-state index in [1.807, 2.05) is 5.43 Å². The molecular weight excluding hydrogens is 294 g/mol. The van der Waals surface area contributed by atoms with Gasteiger partial charge in [-0.15, -0.1) is 4.83 Å². The summed E-state index contributed by atoms with van der Waals surface area (Å²) >= 11 is 0. The largest absolute Gasteiger partial charge is 0.283 e. The van der Waals surface area contributed by atoms with Crippen molar-refractivity contribution in [1.29, 1.82) is 0 Å². The van der Waals surface area contributed by atoms with Gasteiger partial charge < -0.3 is 0 Å². The summed E-state index contributed by atoms with van der Waals surface area (Å²) in [5.74, 6) is -0.780. The van der Waals surface area contributed by atoms with E-state index < -0.39 is 26.0 Å². The number of nitrogens with one attached hydrogen (secondary N) is 3. The molecule has 0 saturated heterocycles. The predicted molar refractivity (Wildman–Crippen MR) is 70.4 cm³/mol. The number of hydrogen-bond donors (Lipinski definition) is 3. The normalized spacial score (nSPS) is 11.9. The zero-order chi connectivity index (χ0) is 14.7. The fourth-order valence-electron chi connectivity index (χ4n) is 1.18. The molecule has 19 heavy (non-hydrogen) atoms. The summed E-state index contributed by atoms with van der Waals surface area (Å²) < 4.78 is 46.1. The van der Waals surface area contributed by atoms with E-state index in [1.165, 1.54) is 24.3 Å². The van der Waals surface area contributed by atoms with Crippen LogP contribution in [-0.2, 0) is 20.0 Å². The van der Waals surface area contributed by atoms with Gasteiger partial charge in [-0.2, -0.15) is 0 Å². The smallest absolute Gasteiger partial charge is 0.268 e. The Bertz CT molecular complexity index is 682. The highest BCUT2D eigenvalue weighted by molar-refractivity contribution is 7.92. The molecule has 1 rings (SSSR count). The van der Waals surface area contributed by atoms with Gasteiger partial charge in [0.25, 0.3) is 5.91 Å². The summed E-state index contributed by atoms with van der Waals surface area (Å²) in [6.07, 6.45) is 1.81. The lowest BCUT2D eigenvalue weighted by Crippen LogP contribution is -2.41. The minimum absolute atomic E-state index is 0.0101. The molecule has 10 heteroatoms. The first-order chi connectivity index (χ1) is 8.58. The van der Waals surface area contributed by atoms with Crippen LogP contribution in [0.25, 0.3) is 0 Å². The van der Waals surface area contributed by atoms with Crippen LogP contribution in [0.15, 0.2) is 24.3 Å². The summed E-state index contributed by atoms with van der Waals surface area (Å²) in [7, 11) is -7.14. The lowest BCUT2D eigenvalue weighted by molar-refractivity contribution is 0.0946. The number of amides is 1. The summed E-state index contributed by atoms with van der Waals surface area (Å²) in [5, 5.41) is 0. The second kappa shape index (κ2) is 5.55. The molecule has 1 aromatic rings. The third-order valence-electron chi connectivity index (χ3n) is 1.82. The minimum Gasteiger partial charge on any atom is -0.283 e. The fourth-order valence-corrected chi connectivity index (χ4v) is 2.03. The molecule has 0 saturated carbocycles. The van der Waals surface area contributed by atoms with Gasteiger partial charge in [-0.3, -0.25) is 14.9 Å². The van der Waals surface area contributed by atoms with Crippen LogP contribution in [-0.4, -0.2) is 35.3 Å². The Morgan fingerprint density at radius 1 is 1.00 bits per heavy atom. The van der Waals surface area contributed by atoms with Crippen molar-refractivity contribution < 1.29 is 21.6 Å². The van der Waals surface area contributed by atoms with E-state index in [2.05, 4.69) is 4.72 Å². The number of benzene rings is 1. The molecule has 0 atom stereocenters. The number of carbonyl (C=O) groups is 1. The Hall–Kier alpha value is -1.65. The first kappa shape index (κ1) is 15.4. The van der Waals surface area contributed by atoms with Gasteiger partial charge in [-0.1, -0.05) is 12.1 Å². The van der Waals surface area contributed by atoms with E-state index in [1.54, 1.807) is 4.83 Å². The number of rotatable bonds is 5. The van der Waals surface area contributed by atoms with E-state index in [0.29, 0.717) is 0 Å². The molecule has 8 nitrogen and oxygen atoms in total. The van der Waals surface area contributed by atoms with E-state index in [9.17, 15) is 21.6 Å². The van der Waals surface area contributed by atoms with Gasteiger partial charge in [-0.25, -0.2) is 16.8 Å². The lowest BCUT2D eigenvalue weighted by Gasteiger charge is -2.10. The van der Waals surface area contributed by atoms with Gasteiger partial charge in [0, 0.05) is 0 Å². The summed E-state index contributed by atoms with van der Waals surface area (Å²) in [6.45, 7) is 0. The van der Waals surface area contributed by atoms with Crippen LogP contribution in [0.2, 0.25) is 0 Å². The minimum atomic E-state index is -3.60. The first-order valence-corrected chi connectivity index (χ1v) is 8.71. The average Bonchev–Trinajstić information content (AvgIpc) is 2.23. The van der Waals surface area contributed by atoms with Crippen molar-refractivity contribution >= 4 is 31.6 Å². The van der Waals surface area contributed by atoms with Crippen molar-refractivity contribution in [3.63, 3.8) is 0 Å². The third-order valence-corrected chi connectivity index (χ3v) is 2.88. The summed E-state index contributed by atoms with van der Waals surface area (Å²) in [4.78, 5) is 13.5. The zero-order valence-corrected chi connectivity index (χ0v) is 11.8. The molecule has 0 unspecified atom stereocenters. The molecule has 0 heterocycles.